The standard InChI is InChI=1S/C11H15FO/c1-7-4-5-10(8(2)12)6-11(7)9(3)13/h4-6,8-9,13H,1-3H3. The third-order valence-electron chi connectivity index (χ3n) is 2.21. The lowest BCUT2D eigenvalue weighted by molar-refractivity contribution is 0.198. The van der Waals surface area contributed by atoms with Gasteiger partial charge in [-0.15, -0.1) is 0 Å². The first-order valence-corrected chi connectivity index (χ1v) is 4.45. The lowest BCUT2D eigenvalue weighted by Crippen LogP contribution is -1.97. The van der Waals surface area contributed by atoms with Gasteiger partial charge in [-0.25, -0.2) is 4.39 Å². The maximum Gasteiger partial charge on any atom is 0.122 e. The molecule has 0 aliphatic heterocycles. The number of aliphatic hydroxyl groups is 1. The summed E-state index contributed by atoms with van der Waals surface area (Å²) in [6.45, 7) is 5.10. The van der Waals surface area contributed by atoms with Crippen LogP contribution < -0.4 is 0 Å². The SMILES string of the molecule is Cc1ccc(C(C)F)cc1C(C)O. The first kappa shape index (κ1) is 10.2. The van der Waals surface area contributed by atoms with E-state index in [1.807, 2.05) is 13.0 Å². The van der Waals surface area contributed by atoms with Gasteiger partial charge in [-0.2, -0.15) is 0 Å². The van der Waals surface area contributed by atoms with Crippen molar-refractivity contribution in [2.75, 3.05) is 0 Å². The first-order chi connectivity index (χ1) is 6.02. The van der Waals surface area contributed by atoms with Crippen LogP contribution in [-0.4, -0.2) is 5.11 Å². The second-order valence-electron chi connectivity index (χ2n) is 3.41. The molecule has 2 heteroatoms. The molecule has 1 rings (SSSR count). The molecule has 0 fully saturated rings. The van der Waals surface area contributed by atoms with Crippen LogP contribution in [0.4, 0.5) is 4.39 Å². The lowest BCUT2D eigenvalue weighted by atomic mass is 10.00. The van der Waals surface area contributed by atoms with Crippen LogP contribution in [0.5, 0.6) is 0 Å². The second kappa shape index (κ2) is 3.88. The summed E-state index contributed by atoms with van der Waals surface area (Å²) in [4.78, 5) is 0. The Bertz CT molecular complexity index is 292. The molecule has 1 N–H and O–H groups in total. The van der Waals surface area contributed by atoms with E-state index in [1.54, 1.807) is 19.1 Å². The van der Waals surface area contributed by atoms with Gasteiger partial charge in [0.05, 0.1) is 6.10 Å². The minimum absolute atomic E-state index is 0.529. The lowest BCUT2D eigenvalue weighted by Gasteiger charge is -2.11. The predicted molar refractivity (Wildman–Crippen MR) is 51.3 cm³/mol. The monoisotopic (exact) mass is 182 g/mol. The van der Waals surface area contributed by atoms with E-state index in [0.29, 0.717) is 5.56 Å². The third-order valence-corrected chi connectivity index (χ3v) is 2.21. The molecule has 72 valence electrons. The Balaban J connectivity index is 3.11. The Morgan fingerprint density at radius 1 is 1.31 bits per heavy atom. The maximum absolute atomic E-state index is 12.9. The van der Waals surface area contributed by atoms with Crippen LogP contribution in [-0.2, 0) is 0 Å². The zero-order valence-electron chi connectivity index (χ0n) is 8.21. The average Bonchev–Trinajstić information content (AvgIpc) is 2.04. The van der Waals surface area contributed by atoms with Crippen LogP contribution >= 0.6 is 0 Å². The molecule has 0 heterocycles. The summed E-state index contributed by atoms with van der Waals surface area (Å²) in [5.41, 5.74) is 2.43. The van der Waals surface area contributed by atoms with Gasteiger partial charge in [0.2, 0.25) is 0 Å². The zero-order chi connectivity index (χ0) is 10.0. The highest BCUT2D eigenvalue weighted by Crippen LogP contribution is 2.23. The normalized spacial score (nSPS) is 15.5. The molecular formula is C11H15FO. The molecule has 0 amide bonds. The molecule has 13 heavy (non-hydrogen) atoms. The van der Waals surface area contributed by atoms with E-state index in [-0.39, 0.29) is 0 Å². The van der Waals surface area contributed by atoms with E-state index in [4.69, 9.17) is 0 Å². The summed E-state index contributed by atoms with van der Waals surface area (Å²) in [6.07, 6.45) is -1.50. The van der Waals surface area contributed by atoms with Crippen molar-refractivity contribution >= 4 is 0 Å². The molecule has 0 saturated heterocycles. The van der Waals surface area contributed by atoms with Gasteiger partial charge < -0.3 is 5.11 Å². The fraction of sp³-hybridized carbons (Fsp3) is 0.455. The van der Waals surface area contributed by atoms with E-state index >= 15 is 0 Å². The number of hydrogen-bond acceptors (Lipinski definition) is 1. The first-order valence-electron chi connectivity index (χ1n) is 4.45. The molecule has 2 unspecified atom stereocenters. The fourth-order valence-corrected chi connectivity index (χ4v) is 1.36. The summed E-state index contributed by atoms with van der Waals surface area (Å²) in [6, 6.07) is 5.32. The fourth-order valence-electron chi connectivity index (χ4n) is 1.36. The molecule has 1 aromatic rings. The molecule has 1 nitrogen and oxygen atoms in total. The van der Waals surface area contributed by atoms with Crippen LogP contribution in [0.2, 0.25) is 0 Å². The van der Waals surface area contributed by atoms with Crippen LogP contribution in [0.3, 0.4) is 0 Å². The molecular weight excluding hydrogens is 167 g/mol. The molecule has 0 aromatic heterocycles. The van der Waals surface area contributed by atoms with Gasteiger partial charge in [0.25, 0.3) is 0 Å². The Hall–Kier alpha value is -0.890. The molecule has 0 bridgehead atoms. The average molecular weight is 182 g/mol. The number of alkyl halides is 1. The van der Waals surface area contributed by atoms with Crippen molar-refractivity contribution in [3.8, 4) is 0 Å². The van der Waals surface area contributed by atoms with E-state index < -0.39 is 12.3 Å². The van der Waals surface area contributed by atoms with Crippen molar-refractivity contribution in [3.05, 3.63) is 34.9 Å². The highest BCUT2D eigenvalue weighted by molar-refractivity contribution is 5.33. The van der Waals surface area contributed by atoms with Crippen molar-refractivity contribution < 1.29 is 9.50 Å². The highest BCUT2D eigenvalue weighted by Gasteiger charge is 2.08. The van der Waals surface area contributed by atoms with Gasteiger partial charge >= 0.3 is 0 Å². The van der Waals surface area contributed by atoms with Gasteiger partial charge in [-0.05, 0) is 37.5 Å². The van der Waals surface area contributed by atoms with E-state index in [0.717, 1.165) is 11.1 Å². The van der Waals surface area contributed by atoms with Crippen LogP contribution in [0, 0.1) is 6.92 Å². The van der Waals surface area contributed by atoms with Crippen LogP contribution in [0.25, 0.3) is 0 Å². The number of hydrogen-bond donors (Lipinski definition) is 1. The molecule has 0 saturated carbocycles. The quantitative estimate of drug-likeness (QED) is 0.745. The van der Waals surface area contributed by atoms with E-state index in [9.17, 15) is 9.50 Å². The maximum atomic E-state index is 12.9. The molecule has 0 spiro atoms. The number of halogens is 1. The highest BCUT2D eigenvalue weighted by atomic mass is 19.1. The van der Waals surface area contributed by atoms with Crippen molar-refractivity contribution in [1.82, 2.24) is 0 Å². The number of aryl methyl sites for hydroxylation is 1. The van der Waals surface area contributed by atoms with Gasteiger partial charge in [0, 0.05) is 0 Å². The summed E-state index contributed by atoms with van der Waals surface area (Å²) >= 11 is 0. The van der Waals surface area contributed by atoms with Gasteiger partial charge in [0.15, 0.2) is 0 Å². The zero-order valence-corrected chi connectivity index (χ0v) is 8.21. The number of aliphatic hydroxyl groups excluding tert-OH is 1. The Labute approximate surface area is 78.2 Å². The molecule has 0 aliphatic rings. The molecule has 0 aliphatic carbocycles. The largest absolute Gasteiger partial charge is 0.389 e. The minimum atomic E-state index is -0.974. The molecule has 1 aromatic carbocycles. The van der Waals surface area contributed by atoms with Crippen LogP contribution in [0.15, 0.2) is 18.2 Å². The van der Waals surface area contributed by atoms with Gasteiger partial charge in [-0.3, -0.25) is 0 Å². The van der Waals surface area contributed by atoms with Crippen molar-refractivity contribution in [2.24, 2.45) is 0 Å². The second-order valence-corrected chi connectivity index (χ2v) is 3.41. The minimum Gasteiger partial charge on any atom is -0.389 e. The van der Waals surface area contributed by atoms with Gasteiger partial charge in [0.1, 0.15) is 6.17 Å². The Kier molecular flexibility index (Phi) is 3.04. The van der Waals surface area contributed by atoms with Crippen molar-refractivity contribution in [2.45, 2.75) is 33.0 Å². The molecule has 0 radical (unpaired) electrons. The smallest absolute Gasteiger partial charge is 0.122 e. The predicted octanol–water partition coefficient (Wildman–Crippen LogP) is 3.08. The topological polar surface area (TPSA) is 20.2 Å². The summed E-state index contributed by atoms with van der Waals surface area (Å²) < 4.78 is 12.9. The summed E-state index contributed by atoms with van der Waals surface area (Å²) in [7, 11) is 0. The van der Waals surface area contributed by atoms with E-state index in [2.05, 4.69) is 0 Å². The van der Waals surface area contributed by atoms with Crippen molar-refractivity contribution in [3.63, 3.8) is 0 Å². The summed E-state index contributed by atoms with van der Waals surface area (Å²) in [5, 5.41) is 9.39. The van der Waals surface area contributed by atoms with Gasteiger partial charge in [-0.1, -0.05) is 18.2 Å². The van der Waals surface area contributed by atoms with Crippen molar-refractivity contribution in [1.29, 1.82) is 0 Å². The summed E-state index contributed by atoms with van der Waals surface area (Å²) in [5.74, 6) is 0. The Morgan fingerprint density at radius 3 is 2.38 bits per heavy atom. The molecule has 2 atom stereocenters. The Morgan fingerprint density at radius 2 is 1.92 bits per heavy atom. The third kappa shape index (κ3) is 2.28. The van der Waals surface area contributed by atoms with Crippen LogP contribution in [0.1, 0.15) is 42.8 Å². The number of rotatable bonds is 2. The van der Waals surface area contributed by atoms with E-state index in [1.165, 1.54) is 6.92 Å². The number of benzene rings is 1.